The first-order valence-electron chi connectivity index (χ1n) is 12.6. The molecule has 0 spiro atoms. The molecule has 0 fully saturated rings. The minimum absolute atomic E-state index is 0.0660. The molecule has 3 aromatic carbocycles. The van der Waals surface area contributed by atoms with Crippen LogP contribution in [0.15, 0.2) is 82.2 Å². The van der Waals surface area contributed by atoms with E-state index in [1.807, 2.05) is 26.0 Å². The molecule has 0 radical (unpaired) electrons. The van der Waals surface area contributed by atoms with Gasteiger partial charge in [0.25, 0.3) is 10.0 Å². The fraction of sp³-hybridized carbons (Fsp3) is 0.310. The molecule has 0 bridgehead atoms. The van der Waals surface area contributed by atoms with Crippen molar-refractivity contribution in [1.29, 1.82) is 0 Å². The second-order valence-electron chi connectivity index (χ2n) is 9.14. The van der Waals surface area contributed by atoms with Crippen LogP contribution in [0.5, 0.6) is 5.75 Å². The predicted molar refractivity (Wildman–Crippen MR) is 156 cm³/mol. The van der Waals surface area contributed by atoms with E-state index in [-0.39, 0.29) is 17.3 Å². The zero-order chi connectivity index (χ0) is 28.6. The smallest absolute Gasteiger partial charge is 0.264 e. The number of rotatable bonds is 12. The molecule has 1 N–H and O–H groups in total. The number of nitrogens with zero attached hydrogens (tertiary/aromatic N) is 2. The van der Waals surface area contributed by atoms with Crippen molar-refractivity contribution < 1.29 is 22.7 Å². The number of aryl methyl sites for hydroxylation is 1. The van der Waals surface area contributed by atoms with Gasteiger partial charge in [-0.15, -0.1) is 0 Å². The van der Waals surface area contributed by atoms with Gasteiger partial charge in [0.05, 0.1) is 17.7 Å². The van der Waals surface area contributed by atoms with Gasteiger partial charge in [-0.3, -0.25) is 13.9 Å². The Hall–Kier alpha value is -3.37. The van der Waals surface area contributed by atoms with Crippen LogP contribution in [0, 0.1) is 6.92 Å². The Labute approximate surface area is 239 Å². The quantitative estimate of drug-likeness (QED) is 0.312. The first kappa shape index (κ1) is 30.2. The average molecular weight is 617 g/mol. The Kier molecular flexibility index (Phi) is 10.5. The Morgan fingerprint density at radius 3 is 2.28 bits per heavy atom. The summed E-state index contributed by atoms with van der Waals surface area (Å²) in [6, 6.07) is 19.6. The van der Waals surface area contributed by atoms with Crippen molar-refractivity contribution in [2.45, 2.75) is 44.7 Å². The summed E-state index contributed by atoms with van der Waals surface area (Å²) in [5.41, 5.74) is 2.01. The van der Waals surface area contributed by atoms with Crippen molar-refractivity contribution in [2.24, 2.45) is 0 Å². The van der Waals surface area contributed by atoms with Crippen LogP contribution in [0.4, 0.5) is 5.69 Å². The number of halogens is 1. The summed E-state index contributed by atoms with van der Waals surface area (Å²) in [6.07, 6.45) is 0.746. The lowest BCUT2D eigenvalue weighted by Gasteiger charge is -2.32. The Morgan fingerprint density at radius 1 is 1.03 bits per heavy atom. The van der Waals surface area contributed by atoms with Gasteiger partial charge >= 0.3 is 0 Å². The maximum Gasteiger partial charge on any atom is 0.264 e. The second kappa shape index (κ2) is 13.6. The maximum absolute atomic E-state index is 13.9. The predicted octanol–water partition coefficient (Wildman–Crippen LogP) is 4.90. The highest BCUT2D eigenvalue weighted by atomic mass is 79.9. The van der Waals surface area contributed by atoms with Crippen molar-refractivity contribution in [3.63, 3.8) is 0 Å². The van der Waals surface area contributed by atoms with Crippen molar-refractivity contribution >= 4 is 43.5 Å². The van der Waals surface area contributed by atoms with Crippen molar-refractivity contribution in [3.05, 3.63) is 88.4 Å². The van der Waals surface area contributed by atoms with Gasteiger partial charge in [0.1, 0.15) is 18.3 Å². The fourth-order valence-corrected chi connectivity index (χ4v) is 5.70. The topological polar surface area (TPSA) is 96.0 Å². The zero-order valence-electron chi connectivity index (χ0n) is 22.6. The van der Waals surface area contributed by atoms with Crippen LogP contribution in [0.3, 0.4) is 0 Å². The summed E-state index contributed by atoms with van der Waals surface area (Å²) < 4.78 is 34.6. The van der Waals surface area contributed by atoms with E-state index < -0.39 is 28.5 Å². The van der Waals surface area contributed by atoms with Crippen molar-refractivity contribution in [1.82, 2.24) is 10.2 Å². The molecular weight excluding hydrogens is 582 g/mol. The molecule has 0 aliphatic carbocycles. The molecule has 0 aromatic heterocycles. The molecule has 3 aromatic rings. The van der Waals surface area contributed by atoms with Crippen molar-refractivity contribution in [2.75, 3.05) is 24.5 Å². The zero-order valence-corrected chi connectivity index (χ0v) is 25.0. The monoisotopic (exact) mass is 615 g/mol. The van der Waals surface area contributed by atoms with Gasteiger partial charge in [-0.25, -0.2) is 8.42 Å². The molecule has 0 saturated heterocycles. The molecule has 39 heavy (non-hydrogen) atoms. The number of carbonyl (C=O) groups is 2. The number of carbonyl (C=O) groups excluding carboxylic acids is 2. The minimum atomic E-state index is -4.11. The lowest BCUT2D eigenvalue weighted by Crippen LogP contribution is -2.51. The number of sulfonamides is 1. The summed E-state index contributed by atoms with van der Waals surface area (Å²) in [4.78, 5) is 28.3. The van der Waals surface area contributed by atoms with E-state index in [0.29, 0.717) is 22.5 Å². The van der Waals surface area contributed by atoms with Crippen LogP contribution >= 0.6 is 15.9 Å². The third-order valence-electron chi connectivity index (χ3n) is 6.21. The molecule has 2 amide bonds. The van der Waals surface area contributed by atoms with Crippen molar-refractivity contribution in [3.8, 4) is 5.75 Å². The van der Waals surface area contributed by atoms with Gasteiger partial charge in [-0.1, -0.05) is 58.7 Å². The molecule has 10 heteroatoms. The first-order valence-corrected chi connectivity index (χ1v) is 14.8. The van der Waals surface area contributed by atoms with Gasteiger partial charge in [-0.05, 0) is 68.3 Å². The highest BCUT2D eigenvalue weighted by Crippen LogP contribution is 2.27. The number of anilines is 1. The van der Waals surface area contributed by atoms with Crippen LogP contribution in [-0.4, -0.2) is 51.4 Å². The largest absolute Gasteiger partial charge is 0.497 e. The number of hydrogen-bond acceptors (Lipinski definition) is 5. The lowest BCUT2D eigenvalue weighted by molar-refractivity contribution is -0.139. The van der Waals surface area contributed by atoms with E-state index >= 15 is 0 Å². The van der Waals surface area contributed by atoms with Crippen LogP contribution in [0.2, 0.25) is 0 Å². The Bertz CT molecular complexity index is 1380. The van der Waals surface area contributed by atoms with Gasteiger partial charge in [0.15, 0.2) is 0 Å². The third kappa shape index (κ3) is 7.83. The maximum atomic E-state index is 13.9. The molecule has 0 unspecified atom stereocenters. The van der Waals surface area contributed by atoms with Crippen LogP contribution in [-0.2, 0) is 26.2 Å². The Morgan fingerprint density at radius 2 is 1.69 bits per heavy atom. The number of hydrogen-bond donors (Lipinski definition) is 1. The fourth-order valence-electron chi connectivity index (χ4n) is 3.90. The first-order chi connectivity index (χ1) is 18.6. The normalized spacial score (nSPS) is 11.9. The third-order valence-corrected chi connectivity index (χ3v) is 8.49. The number of benzene rings is 3. The molecule has 8 nitrogen and oxygen atoms in total. The molecule has 0 heterocycles. The highest BCUT2D eigenvalue weighted by molar-refractivity contribution is 9.10. The number of amides is 2. The van der Waals surface area contributed by atoms with E-state index in [0.717, 1.165) is 21.9 Å². The lowest BCUT2D eigenvalue weighted by atomic mass is 10.1. The van der Waals surface area contributed by atoms with Crippen LogP contribution in [0.1, 0.15) is 31.4 Å². The Balaban J connectivity index is 2.01. The molecular formula is C29H34BrN3O5S. The molecule has 3 rings (SSSR count). The molecule has 0 aliphatic rings. The SMILES string of the molecule is CCCNC(=O)[C@@H](C)N(Cc1ccc(OC)cc1)C(=O)CN(c1cccc(Br)c1)S(=O)(=O)c1ccc(C)cc1. The molecule has 208 valence electrons. The standard InChI is InChI=1S/C29H34BrN3O5S/c1-5-17-31-29(35)22(3)32(19-23-11-13-26(38-4)14-12-23)28(34)20-33(25-8-6-7-24(30)18-25)39(36,37)27-15-9-21(2)10-16-27/h6-16,18,22H,5,17,19-20H2,1-4H3,(H,31,35)/t22-/m1/s1. The number of methoxy groups -OCH3 is 1. The summed E-state index contributed by atoms with van der Waals surface area (Å²) in [6.45, 7) is 5.55. The summed E-state index contributed by atoms with van der Waals surface area (Å²) >= 11 is 3.40. The second-order valence-corrected chi connectivity index (χ2v) is 11.9. The average Bonchev–Trinajstić information content (AvgIpc) is 2.93. The highest BCUT2D eigenvalue weighted by Gasteiger charge is 2.32. The molecule has 0 aliphatic heterocycles. The van der Waals surface area contributed by atoms with E-state index in [9.17, 15) is 18.0 Å². The summed E-state index contributed by atoms with van der Waals surface area (Å²) in [5, 5.41) is 2.83. The van der Waals surface area contributed by atoms with E-state index in [4.69, 9.17) is 4.74 Å². The number of ether oxygens (including phenoxy) is 1. The number of nitrogens with one attached hydrogen (secondary N) is 1. The summed E-state index contributed by atoms with van der Waals surface area (Å²) in [5.74, 6) is -0.162. The van der Waals surface area contributed by atoms with Gasteiger partial charge in [0.2, 0.25) is 11.8 Å². The van der Waals surface area contributed by atoms with E-state index in [2.05, 4.69) is 21.2 Å². The van der Waals surface area contributed by atoms with Crippen LogP contribution < -0.4 is 14.4 Å². The van der Waals surface area contributed by atoms with Gasteiger partial charge in [-0.2, -0.15) is 0 Å². The van der Waals surface area contributed by atoms with E-state index in [1.54, 1.807) is 62.6 Å². The summed E-state index contributed by atoms with van der Waals surface area (Å²) in [7, 11) is -2.54. The molecule has 0 saturated carbocycles. The molecule has 1 atom stereocenters. The van der Waals surface area contributed by atoms with Gasteiger partial charge in [0, 0.05) is 17.6 Å². The minimum Gasteiger partial charge on any atom is -0.497 e. The van der Waals surface area contributed by atoms with E-state index in [1.165, 1.54) is 17.0 Å². The van der Waals surface area contributed by atoms with Crippen LogP contribution in [0.25, 0.3) is 0 Å². The van der Waals surface area contributed by atoms with Gasteiger partial charge < -0.3 is 15.0 Å².